The van der Waals surface area contributed by atoms with E-state index in [0.717, 1.165) is 27.7 Å². The maximum absolute atomic E-state index is 12.9. The van der Waals surface area contributed by atoms with E-state index in [9.17, 15) is 9.59 Å². The summed E-state index contributed by atoms with van der Waals surface area (Å²) in [6.45, 7) is 1.99. The number of carbonyl (C=O) groups is 2. The minimum absolute atomic E-state index is 0.123. The first-order valence-corrected chi connectivity index (χ1v) is 11.3. The lowest BCUT2D eigenvalue weighted by molar-refractivity contribution is 0.0766. The molecule has 0 saturated carbocycles. The molecular formula is C25H24N4O3S. The highest BCUT2D eigenvalue weighted by Gasteiger charge is 2.16. The number of likely N-dealkylation sites (N-methyl/N-ethyl adjacent to an activating group) is 1. The molecule has 168 valence electrons. The van der Waals surface area contributed by atoms with Crippen molar-refractivity contribution in [1.29, 1.82) is 0 Å². The third-order valence-electron chi connectivity index (χ3n) is 5.32. The standard InChI is InChI=1S/C25H24N4O3S/c1-16-11-14-33-23(16)24(31)26-22-15-18(25(32)29(2)12-13-30)8-7-17(22)9-10-21-19-5-3-4-6-20(19)27-28-21/h3-11,14-15,30H,12-13H2,1-2H3,(H,26,31)(H,27,28)/b10-9+. The number of hydrogen-bond acceptors (Lipinski definition) is 5. The van der Waals surface area contributed by atoms with Gasteiger partial charge in [-0.1, -0.05) is 30.3 Å². The van der Waals surface area contributed by atoms with Crippen LogP contribution in [0.4, 0.5) is 5.69 Å². The van der Waals surface area contributed by atoms with Gasteiger partial charge < -0.3 is 15.3 Å². The van der Waals surface area contributed by atoms with Crippen molar-refractivity contribution in [3.05, 3.63) is 81.2 Å². The van der Waals surface area contributed by atoms with Crippen LogP contribution >= 0.6 is 11.3 Å². The van der Waals surface area contributed by atoms with Crippen molar-refractivity contribution >= 4 is 51.9 Å². The zero-order valence-electron chi connectivity index (χ0n) is 18.3. The predicted octanol–water partition coefficient (Wildman–Crippen LogP) is 4.42. The molecule has 0 saturated heterocycles. The van der Waals surface area contributed by atoms with Gasteiger partial charge in [0, 0.05) is 30.2 Å². The van der Waals surface area contributed by atoms with E-state index in [0.29, 0.717) is 16.1 Å². The number of aromatic amines is 1. The Morgan fingerprint density at radius 2 is 2.00 bits per heavy atom. The molecule has 2 heterocycles. The summed E-state index contributed by atoms with van der Waals surface area (Å²) in [6.07, 6.45) is 3.74. The molecule has 4 aromatic rings. The van der Waals surface area contributed by atoms with E-state index in [4.69, 9.17) is 5.11 Å². The van der Waals surface area contributed by atoms with Crippen LogP contribution in [-0.4, -0.2) is 52.2 Å². The van der Waals surface area contributed by atoms with Gasteiger partial charge in [0.2, 0.25) is 0 Å². The number of aliphatic hydroxyl groups excluding tert-OH is 1. The summed E-state index contributed by atoms with van der Waals surface area (Å²) in [5.41, 5.74) is 4.30. The molecule has 0 unspecified atom stereocenters. The van der Waals surface area contributed by atoms with Gasteiger partial charge in [0.25, 0.3) is 11.8 Å². The molecule has 3 N–H and O–H groups in total. The number of H-pyrrole nitrogens is 1. The van der Waals surface area contributed by atoms with Gasteiger partial charge in [0.1, 0.15) is 0 Å². The molecule has 0 fully saturated rings. The number of nitrogens with zero attached hydrogens (tertiary/aromatic N) is 2. The van der Waals surface area contributed by atoms with Gasteiger partial charge in [0.15, 0.2) is 0 Å². The van der Waals surface area contributed by atoms with Gasteiger partial charge in [-0.25, -0.2) is 0 Å². The molecule has 0 aliphatic carbocycles. The second kappa shape index (κ2) is 9.81. The molecule has 0 radical (unpaired) electrons. The third kappa shape index (κ3) is 4.87. The number of nitrogens with one attached hydrogen (secondary N) is 2. The number of rotatable bonds is 7. The quantitative estimate of drug-likeness (QED) is 0.380. The number of anilines is 1. The minimum atomic E-state index is -0.235. The van der Waals surface area contributed by atoms with Crippen LogP contribution in [0.15, 0.2) is 53.9 Å². The second-order valence-corrected chi connectivity index (χ2v) is 8.54. The van der Waals surface area contributed by atoms with Crippen LogP contribution in [0.5, 0.6) is 0 Å². The molecule has 0 aliphatic heterocycles. The summed E-state index contributed by atoms with van der Waals surface area (Å²) in [7, 11) is 1.63. The lowest BCUT2D eigenvalue weighted by Gasteiger charge is -2.17. The zero-order valence-corrected chi connectivity index (χ0v) is 19.1. The van der Waals surface area contributed by atoms with Crippen molar-refractivity contribution in [3.8, 4) is 0 Å². The number of aromatic nitrogens is 2. The predicted molar refractivity (Wildman–Crippen MR) is 133 cm³/mol. The number of aryl methyl sites for hydroxylation is 1. The molecule has 7 nitrogen and oxygen atoms in total. The Morgan fingerprint density at radius 1 is 1.18 bits per heavy atom. The fourth-order valence-electron chi connectivity index (χ4n) is 3.48. The van der Waals surface area contributed by atoms with Crippen molar-refractivity contribution in [3.63, 3.8) is 0 Å². The minimum Gasteiger partial charge on any atom is -0.395 e. The number of hydrogen-bond donors (Lipinski definition) is 3. The number of aliphatic hydroxyl groups is 1. The third-order valence-corrected chi connectivity index (χ3v) is 6.33. The first-order chi connectivity index (χ1) is 16.0. The van der Waals surface area contributed by atoms with Gasteiger partial charge in [-0.2, -0.15) is 5.10 Å². The molecule has 0 aliphatic rings. The maximum Gasteiger partial charge on any atom is 0.266 e. The van der Waals surface area contributed by atoms with Crippen molar-refractivity contribution in [2.45, 2.75) is 6.92 Å². The second-order valence-electron chi connectivity index (χ2n) is 7.63. The average molecular weight is 461 g/mol. The van der Waals surface area contributed by atoms with Crippen LogP contribution in [0.1, 0.15) is 36.9 Å². The van der Waals surface area contributed by atoms with Crippen LogP contribution in [-0.2, 0) is 0 Å². The van der Waals surface area contributed by atoms with Crippen LogP contribution in [0.2, 0.25) is 0 Å². The number of benzene rings is 2. The Balaban J connectivity index is 1.69. The molecule has 0 atom stereocenters. The topological polar surface area (TPSA) is 98.3 Å². The highest BCUT2D eigenvalue weighted by Crippen LogP contribution is 2.25. The van der Waals surface area contributed by atoms with E-state index in [2.05, 4.69) is 15.5 Å². The Kier molecular flexibility index (Phi) is 6.67. The molecule has 2 aromatic heterocycles. The fourth-order valence-corrected chi connectivity index (χ4v) is 4.30. The number of amides is 2. The van der Waals surface area contributed by atoms with Crippen molar-refractivity contribution < 1.29 is 14.7 Å². The SMILES string of the molecule is Cc1ccsc1C(=O)Nc1cc(C(=O)N(C)CCO)ccc1/C=C/c1n[nH]c2ccccc12. The highest BCUT2D eigenvalue weighted by molar-refractivity contribution is 7.12. The van der Waals surface area contributed by atoms with Crippen LogP contribution in [0.25, 0.3) is 23.1 Å². The molecule has 4 rings (SSSR count). The summed E-state index contributed by atoms with van der Waals surface area (Å²) < 4.78 is 0. The summed E-state index contributed by atoms with van der Waals surface area (Å²) in [5.74, 6) is -0.462. The lowest BCUT2D eigenvalue weighted by Crippen LogP contribution is -2.29. The Morgan fingerprint density at radius 3 is 2.76 bits per heavy atom. The normalized spacial score (nSPS) is 11.2. The zero-order chi connectivity index (χ0) is 23.4. The van der Waals surface area contributed by atoms with Gasteiger partial charge in [0.05, 0.1) is 22.7 Å². The lowest BCUT2D eigenvalue weighted by atomic mass is 10.1. The Hall–Kier alpha value is -3.75. The average Bonchev–Trinajstić information content (AvgIpc) is 3.44. The molecule has 8 heteroatoms. The van der Waals surface area contributed by atoms with E-state index in [1.165, 1.54) is 16.2 Å². The van der Waals surface area contributed by atoms with Crippen molar-refractivity contribution in [2.24, 2.45) is 0 Å². The number of fused-ring (bicyclic) bond motifs is 1. The first kappa shape index (κ1) is 22.4. The number of thiophene rings is 1. The number of carbonyl (C=O) groups excluding carboxylic acids is 2. The summed E-state index contributed by atoms with van der Waals surface area (Å²) in [4.78, 5) is 27.7. The molecule has 0 bridgehead atoms. The fraction of sp³-hybridized carbons (Fsp3) is 0.160. The van der Waals surface area contributed by atoms with Crippen LogP contribution < -0.4 is 5.32 Å². The van der Waals surface area contributed by atoms with Crippen molar-refractivity contribution in [1.82, 2.24) is 15.1 Å². The molecular weight excluding hydrogens is 436 g/mol. The monoisotopic (exact) mass is 460 g/mol. The molecule has 0 spiro atoms. The molecule has 33 heavy (non-hydrogen) atoms. The largest absolute Gasteiger partial charge is 0.395 e. The van der Waals surface area contributed by atoms with E-state index >= 15 is 0 Å². The summed E-state index contributed by atoms with van der Waals surface area (Å²) >= 11 is 1.37. The first-order valence-electron chi connectivity index (χ1n) is 10.4. The van der Waals surface area contributed by atoms with Gasteiger partial charge in [-0.15, -0.1) is 11.3 Å². The van der Waals surface area contributed by atoms with E-state index in [1.54, 1.807) is 25.2 Å². The van der Waals surface area contributed by atoms with Crippen LogP contribution in [0.3, 0.4) is 0 Å². The smallest absolute Gasteiger partial charge is 0.266 e. The summed E-state index contributed by atoms with van der Waals surface area (Å²) in [5, 5.41) is 22.3. The molecule has 2 aromatic carbocycles. The Bertz CT molecular complexity index is 1340. The van der Waals surface area contributed by atoms with Crippen LogP contribution in [0, 0.1) is 6.92 Å². The van der Waals surface area contributed by atoms with Gasteiger partial charge >= 0.3 is 0 Å². The highest BCUT2D eigenvalue weighted by atomic mass is 32.1. The Labute approximate surface area is 195 Å². The van der Waals surface area contributed by atoms with Crippen molar-refractivity contribution in [2.75, 3.05) is 25.5 Å². The van der Waals surface area contributed by atoms with Gasteiger partial charge in [-0.05, 0) is 53.8 Å². The van der Waals surface area contributed by atoms with E-state index in [-0.39, 0.29) is 25.0 Å². The van der Waals surface area contributed by atoms with Gasteiger partial charge in [-0.3, -0.25) is 14.7 Å². The molecule has 2 amide bonds. The van der Waals surface area contributed by atoms with E-state index < -0.39 is 0 Å². The maximum atomic E-state index is 12.9. The summed E-state index contributed by atoms with van der Waals surface area (Å²) in [6, 6.07) is 14.9. The van der Waals surface area contributed by atoms with E-state index in [1.807, 2.05) is 54.8 Å². The number of para-hydroxylation sites is 1.